The van der Waals surface area contributed by atoms with Gasteiger partial charge in [0.05, 0.1) is 16.3 Å². The molecule has 2 aliphatic heterocycles. The van der Waals surface area contributed by atoms with Gasteiger partial charge in [0.15, 0.2) is 0 Å². The molecule has 0 spiro atoms. The van der Waals surface area contributed by atoms with E-state index >= 15 is 0 Å². The molecule has 176 valence electrons. The van der Waals surface area contributed by atoms with E-state index in [1.165, 1.54) is 15.3 Å². The fourth-order valence-corrected chi connectivity index (χ4v) is 6.09. The number of sulfonamides is 1. The molecule has 1 unspecified atom stereocenters. The van der Waals surface area contributed by atoms with E-state index in [0.29, 0.717) is 35.9 Å². The van der Waals surface area contributed by atoms with E-state index in [-0.39, 0.29) is 29.3 Å². The minimum Gasteiger partial charge on any atom is -0.358 e. The number of anilines is 3. The number of benzene rings is 2. The Bertz CT molecular complexity index is 1170. The minimum absolute atomic E-state index is 0.110. The standard InChI is InChI=1S/C23H27ClN4O4S/c1-3-26(4-2)33(31,32)18-11-12-19-21(14-18)28(23(30)20-6-5-13-27(19)20)15-22(29)25-17-9-7-16(24)8-10-17/h7-12,14,20H,3-6,13,15H2,1-2H3,(H,25,29). The predicted octanol–water partition coefficient (Wildman–Crippen LogP) is 3.32. The molecule has 2 aliphatic rings. The quantitative estimate of drug-likeness (QED) is 0.643. The van der Waals surface area contributed by atoms with Crippen molar-refractivity contribution >= 4 is 50.5 Å². The molecule has 0 saturated carbocycles. The van der Waals surface area contributed by atoms with E-state index in [4.69, 9.17) is 11.6 Å². The maximum absolute atomic E-state index is 13.3. The van der Waals surface area contributed by atoms with Gasteiger partial charge in [0.25, 0.3) is 0 Å². The van der Waals surface area contributed by atoms with Crippen LogP contribution in [0.1, 0.15) is 26.7 Å². The molecule has 1 N–H and O–H groups in total. The lowest BCUT2D eigenvalue weighted by molar-refractivity contribution is -0.122. The van der Waals surface area contributed by atoms with Gasteiger partial charge in [-0.15, -0.1) is 0 Å². The van der Waals surface area contributed by atoms with Crippen LogP contribution < -0.4 is 15.1 Å². The molecule has 2 amide bonds. The van der Waals surface area contributed by atoms with Crippen LogP contribution in [-0.2, 0) is 19.6 Å². The summed E-state index contributed by atoms with van der Waals surface area (Å²) < 4.78 is 27.6. The van der Waals surface area contributed by atoms with Crippen LogP contribution in [0.5, 0.6) is 0 Å². The Morgan fingerprint density at radius 2 is 1.82 bits per heavy atom. The lowest BCUT2D eigenvalue weighted by atomic mass is 10.1. The summed E-state index contributed by atoms with van der Waals surface area (Å²) in [6.07, 6.45) is 1.56. The molecular formula is C23H27ClN4O4S. The number of carbonyl (C=O) groups is 2. The second-order valence-corrected chi connectivity index (χ2v) is 10.4. The molecule has 1 atom stereocenters. The van der Waals surface area contributed by atoms with Gasteiger partial charge in [-0.3, -0.25) is 14.5 Å². The number of hydrogen-bond donors (Lipinski definition) is 1. The molecule has 4 rings (SSSR count). The van der Waals surface area contributed by atoms with Crippen LogP contribution in [0.4, 0.5) is 17.1 Å². The zero-order valence-corrected chi connectivity index (χ0v) is 20.2. The summed E-state index contributed by atoms with van der Waals surface area (Å²) in [6, 6.07) is 11.2. The van der Waals surface area contributed by atoms with Crippen molar-refractivity contribution in [1.82, 2.24) is 4.31 Å². The predicted molar refractivity (Wildman–Crippen MR) is 129 cm³/mol. The van der Waals surface area contributed by atoms with Gasteiger partial charge in [-0.2, -0.15) is 4.31 Å². The van der Waals surface area contributed by atoms with Gasteiger partial charge in [0, 0.05) is 30.3 Å². The van der Waals surface area contributed by atoms with E-state index in [2.05, 4.69) is 5.32 Å². The maximum atomic E-state index is 13.3. The summed E-state index contributed by atoms with van der Waals surface area (Å²) in [7, 11) is -3.71. The first-order valence-corrected chi connectivity index (χ1v) is 12.9. The molecule has 1 saturated heterocycles. The van der Waals surface area contributed by atoms with E-state index in [0.717, 1.165) is 18.7 Å². The zero-order valence-electron chi connectivity index (χ0n) is 18.6. The van der Waals surface area contributed by atoms with Gasteiger partial charge in [-0.25, -0.2) is 8.42 Å². The normalized spacial score (nSPS) is 17.8. The zero-order chi connectivity index (χ0) is 23.8. The van der Waals surface area contributed by atoms with Gasteiger partial charge in [0.2, 0.25) is 21.8 Å². The molecule has 1 fully saturated rings. The Balaban J connectivity index is 1.69. The lowest BCUT2D eigenvalue weighted by Crippen LogP contribution is -2.52. The van der Waals surface area contributed by atoms with Crippen molar-refractivity contribution in [3.05, 3.63) is 47.5 Å². The highest BCUT2D eigenvalue weighted by Crippen LogP contribution is 2.41. The van der Waals surface area contributed by atoms with E-state index in [1.54, 1.807) is 50.2 Å². The smallest absolute Gasteiger partial charge is 0.250 e. The van der Waals surface area contributed by atoms with E-state index in [9.17, 15) is 18.0 Å². The Hall–Kier alpha value is -2.62. The van der Waals surface area contributed by atoms with Crippen molar-refractivity contribution in [1.29, 1.82) is 0 Å². The van der Waals surface area contributed by atoms with Crippen LogP contribution in [0, 0.1) is 0 Å². The van der Waals surface area contributed by atoms with Crippen LogP contribution >= 0.6 is 11.6 Å². The summed E-state index contributed by atoms with van der Waals surface area (Å²) in [5.74, 6) is -0.566. The van der Waals surface area contributed by atoms with E-state index < -0.39 is 10.0 Å². The largest absolute Gasteiger partial charge is 0.358 e. The molecule has 2 heterocycles. The topological polar surface area (TPSA) is 90.0 Å². The second kappa shape index (κ2) is 9.32. The van der Waals surface area contributed by atoms with Crippen LogP contribution in [0.25, 0.3) is 0 Å². The van der Waals surface area contributed by atoms with Crippen molar-refractivity contribution in [2.24, 2.45) is 0 Å². The van der Waals surface area contributed by atoms with Crippen LogP contribution in [0.2, 0.25) is 5.02 Å². The van der Waals surface area contributed by atoms with Crippen molar-refractivity contribution in [2.45, 2.75) is 37.6 Å². The third-order valence-electron chi connectivity index (χ3n) is 6.12. The average molecular weight is 491 g/mol. The molecular weight excluding hydrogens is 464 g/mol. The lowest BCUT2D eigenvalue weighted by Gasteiger charge is -2.39. The summed E-state index contributed by atoms with van der Waals surface area (Å²) in [5, 5.41) is 3.33. The highest BCUT2D eigenvalue weighted by Gasteiger charge is 2.42. The van der Waals surface area contributed by atoms with Crippen LogP contribution in [0.15, 0.2) is 47.4 Å². The summed E-state index contributed by atoms with van der Waals surface area (Å²) in [6.45, 7) is 4.76. The Morgan fingerprint density at radius 3 is 2.48 bits per heavy atom. The number of fused-ring (bicyclic) bond motifs is 3. The van der Waals surface area contributed by atoms with Crippen LogP contribution in [0.3, 0.4) is 0 Å². The number of amides is 2. The van der Waals surface area contributed by atoms with Crippen molar-refractivity contribution in [3.63, 3.8) is 0 Å². The second-order valence-electron chi connectivity index (χ2n) is 8.07. The number of hydrogen-bond acceptors (Lipinski definition) is 5. The molecule has 10 heteroatoms. The number of rotatable bonds is 7. The molecule has 0 aliphatic carbocycles. The van der Waals surface area contributed by atoms with Gasteiger partial charge < -0.3 is 10.2 Å². The summed E-state index contributed by atoms with van der Waals surface area (Å²) in [5.41, 5.74) is 1.78. The molecule has 2 aromatic rings. The highest BCUT2D eigenvalue weighted by molar-refractivity contribution is 7.89. The molecule has 33 heavy (non-hydrogen) atoms. The Kier molecular flexibility index (Phi) is 6.65. The first-order valence-electron chi connectivity index (χ1n) is 11.0. The highest BCUT2D eigenvalue weighted by atomic mass is 35.5. The Morgan fingerprint density at radius 1 is 1.12 bits per heavy atom. The SMILES string of the molecule is CCN(CC)S(=O)(=O)c1ccc2c(c1)N(CC(=O)Nc1ccc(Cl)cc1)C(=O)C1CCCN21. The fourth-order valence-electron chi connectivity index (χ4n) is 4.49. The third-order valence-corrected chi connectivity index (χ3v) is 8.42. The summed E-state index contributed by atoms with van der Waals surface area (Å²) in [4.78, 5) is 29.7. The van der Waals surface area contributed by atoms with Crippen LogP contribution in [-0.4, -0.2) is 56.8 Å². The number of halogens is 1. The molecule has 0 bridgehead atoms. The number of carbonyl (C=O) groups excluding carboxylic acids is 2. The minimum atomic E-state index is -3.71. The molecule has 2 aromatic carbocycles. The molecule has 8 nitrogen and oxygen atoms in total. The van der Waals surface area contributed by atoms with Crippen molar-refractivity contribution in [3.8, 4) is 0 Å². The molecule has 0 aromatic heterocycles. The van der Waals surface area contributed by atoms with Crippen molar-refractivity contribution in [2.75, 3.05) is 41.3 Å². The number of nitrogens with one attached hydrogen (secondary N) is 1. The van der Waals surface area contributed by atoms with E-state index in [1.807, 2.05) is 4.90 Å². The Labute approximate surface area is 199 Å². The van der Waals surface area contributed by atoms with Gasteiger partial charge in [-0.05, 0) is 55.3 Å². The summed E-state index contributed by atoms with van der Waals surface area (Å²) >= 11 is 5.90. The van der Waals surface area contributed by atoms with Crippen molar-refractivity contribution < 1.29 is 18.0 Å². The molecule has 0 radical (unpaired) electrons. The monoisotopic (exact) mass is 490 g/mol. The van der Waals surface area contributed by atoms with Gasteiger partial charge in [0.1, 0.15) is 12.6 Å². The first kappa shape index (κ1) is 23.5. The third kappa shape index (κ3) is 4.45. The van der Waals surface area contributed by atoms with Gasteiger partial charge >= 0.3 is 0 Å². The first-order chi connectivity index (χ1) is 15.8. The van der Waals surface area contributed by atoms with Gasteiger partial charge in [-0.1, -0.05) is 25.4 Å². The average Bonchev–Trinajstić information content (AvgIpc) is 3.29. The maximum Gasteiger partial charge on any atom is 0.250 e. The number of nitrogens with zero attached hydrogens (tertiary/aromatic N) is 3. The fraction of sp³-hybridized carbons (Fsp3) is 0.391.